The average Bonchev–Trinajstić information content (AvgIpc) is 2.38. The van der Waals surface area contributed by atoms with Crippen LogP contribution in [0, 0.1) is 5.82 Å². The van der Waals surface area contributed by atoms with E-state index in [0.717, 1.165) is 0 Å². The van der Waals surface area contributed by atoms with Crippen molar-refractivity contribution in [3.8, 4) is 5.75 Å². The Labute approximate surface area is 109 Å². The quantitative estimate of drug-likeness (QED) is 0.788. The Morgan fingerprint density at radius 2 is 1.79 bits per heavy atom. The van der Waals surface area contributed by atoms with Crippen molar-refractivity contribution < 1.29 is 14.3 Å². The van der Waals surface area contributed by atoms with Gasteiger partial charge in [-0.05, 0) is 18.2 Å². The lowest BCUT2D eigenvalue weighted by Crippen LogP contribution is -2.28. The molecular weight excluding hydrogens is 247 g/mol. The summed E-state index contributed by atoms with van der Waals surface area (Å²) in [6.45, 7) is 0. The molecule has 0 fully saturated rings. The summed E-state index contributed by atoms with van der Waals surface area (Å²) in [5.74, 6) is -1.27. The highest BCUT2D eigenvalue weighted by molar-refractivity contribution is 5.85. The highest BCUT2D eigenvalue weighted by Gasteiger charge is 2.21. The van der Waals surface area contributed by atoms with Crippen LogP contribution < -0.4 is 11.1 Å². The first-order chi connectivity index (χ1) is 9.09. The normalized spacial score (nSPS) is 11.8. The van der Waals surface area contributed by atoms with E-state index >= 15 is 0 Å². The van der Waals surface area contributed by atoms with E-state index in [9.17, 15) is 14.3 Å². The first kappa shape index (κ1) is 12.9. The van der Waals surface area contributed by atoms with Crippen LogP contribution in [0.3, 0.4) is 0 Å². The van der Waals surface area contributed by atoms with Crippen molar-refractivity contribution in [1.82, 2.24) is 0 Å². The third-order valence-corrected chi connectivity index (χ3v) is 2.71. The van der Waals surface area contributed by atoms with Crippen LogP contribution in [-0.2, 0) is 4.79 Å². The van der Waals surface area contributed by atoms with Crippen molar-refractivity contribution in [2.75, 3.05) is 5.32 Å². The van der Waals surface area contributed by atoms with Crippen molar-refractivity contribution in [3.05, 3.63) is 59.9 Å². The molecule has 0 aromatic heterocycles. The molecule has 0 spiro atoms. The van der Waals surface area contributed by atoms with Gasteiger partial charge in [-0.2, -0.15) is 0 Å². The van der Waals surface area contributed by atoms with Gasteiger partial charge in [-0.15, -0.1) is 0 Å². The Morgan fingerprint density at radius 3 is 2.42 bits per heavy atom. The molecule has 0 bridgehead atoms. The van der Waals surface area contributed by atoms with E-state index in [-0.39, 0.29) is 11.4 Å². The van der Waals surface area contributed by atoms with E-state index in [0.29, 0.717) is 5.56 Å². The lowest BCUT2D eigenvalue weighted by atomic mass is 10.0. The molecule has 2 rings (SSSR count). The molecule has 4 N–H and O–H groups in total. The van der Waals surface area contributed by atoms with Gasteiger partial charge >= 0.3 is 0 Å². The molecule has 0 heterocycles. The minimum Gasteiger partial charge on any atom is -0.508 e. The van der Waals surface area contributed by atoms with Gasteiger partial charge < -0.3 is 16.2 Å². The molecule has 0 radical (unpaired) electrons. The molecule has 4 nitrogen and oxygen atoms in total. The topological polar surface area (TPSA) is 75.4 Å². The van der Waals surface area contributed by atoms with Crippen LogP contribution in [0.5, 0.6) is 5.75 Å². The number of hydrogen-bond donors (Lipinski definition) is 3. The lowest BCUT2D eigenvalue weighted by Gasteiger charge is -2.18. The molecule has 1 unspecified atom stereocenters. The van der Waals surface area contributed by atoms with Gasteiger partial charge in [0.05, 0.1) is 5.69 Å². The summed E-state index contributed by atoms with van der Waals surface area (Å²) in [6, 6.07) is 11.2. The van der Waals surface area contributed by atoms with E-state index < -0.39 is 17.8 Å². The molecular formula is C14H13FN2O2. The number of aromatic hydroxyl groups is 1. The van der Waals surface area contributed by atoms with Gasteiger partial charge in [-0.3, -0.25) is 4.79 Å². The first-order valence-electron chi connectivity index (χ1n) is 5.68. The van der Waals surface area contributed by atoms with Gasteiger partial charge in [-0.1, -0.05) is 30.3 Å². The number of anilines is 1. The molecule has 5 heteroatoms. The number of nitrogens with one attached hydrogen (secondary N) is 1. The monoisotopic (exact) mass is 260 g/mol. The summed E-state index contributed by atoms with van der Waals surface area (Å²) < 4.78 is 13.6. The van der Waals surface area contributed by atoms with Crippen molar-refractivity contribution in [2.45, 2.75) is 6.04 Å². The molecule has 1 atom stereocenters. The van der Waals surface area contributed by atoms with Crippen LogP contribution in [0.4, 0.5) is 10.1 Å². The molecule has 2 aromatic carbocycles. The molecule has 0 aliphatic rings. The Bertz CT molecular complexity index is 602. The van der Waals surface area contributed by atoms with E-state index in [2.05, 4.69) is 5.32 Å². The molecule has 1 amide bonds. The van der Waals surface area contributed by atoms with Crippen LogP contribution in [0.15, 0.2) is 48.5 Å². The zero-order valence-electron chi connectivity index (χ0n) is 10.0. The Hall–Kier alpha value is -2.56. The second kappa shape index (κ2) is 5.39. The number of para-hydroxylation sites is 2. The number of primary amides is 1. The summed E-state index contributed by atoms with van der Waals surface area (Å²) in [5.41, 5.74) is 5.75. The Kier molecular flexibility index (Phi) is 3.66. The maximum Gasteiger partial charge on any atom is 0.244 e. The van der Waals surface area contributed by atoms with Crippen LogP contribution in [0.1, 0.15) is 11.6 Å². The molecule has 2 aromatic rings. The van der Waals surface area contributed by atoms with Gasteiger partial charge in [0.1, 0.15) is 17.6 Å². The number of rotatable bonds is 4. The molecule has 0 saturated carbocycles. The molecule has 0 saturated heterocycles. The number of halogens is 1. The summed E-state index contributed by atoms with van der Waals surface area (Å²) in [6.07, 6.45) is 0. The highest BCUT2D eigenvalue weighted by Crippen LogP contribution is 2.27. The van der Waals surface area contributed by atoms with E-state index in [1.165, 1.54) is 18.2 Å². The first-order valence-corrected chi connectivity index (χ1v) is 5.68. The van der Waals surface area contributed by atoms with Gasteiger partial charge in [0.15, 0.2) is 0 Å². The third kappa shape index (κ3) is 2.82. The predicted molar refractivity (Wildman–Crippen MR) is 70.1 cm³/mol. The number of nitrogens with two attached hydrogens (primary N) is 1. The zero-order valence-corrected chi connectivity index (χ0v) is 10.0. The van der Waals surface area contributed by atoms with E-state index in [1.54, 1.807) is 30.3 Å². The smallest absolute Gasteiger partial charge is 0.244 e. The summed E-state index contributed by atoms with van der Waals surface area (Å²) in [7, 11) is 0. The summed E-state index contributed by atoms with van der Waals surface area (Å²) in [5, 5.41) is 12.4. The van der Waals surface area contributed by atoms with Crippen LogP contribution in [0.25, 0.3) is 0 Å². The van der Waals surface area contributed by atoms with Crippen molar-refractivity contribution in [3.63, 3.8) is 0 Å². The van der Waals surface area contributed by atoms with Crippen molar-refractivity contribution in [2.24, 2.45) is 5.73 Å². The molecule has 19 heavy (non-hydrogen) atoms. The second-order valence-electron chi connectivity index (χ2n) is 4.02. The van der Waals surface area contributed by atoms with E-state index in [4.69, 9.17) is 5.73 Å². The van der Waals surface area contributed by atoms with Gasteiger partial charge in [-0.25, -0.2) is 4.39 Å². The summed E-state index contributed by atoms with van der Waals surface area (Å²) >= 11 is 0. The predicted octanol–water partition coefficient (Wildman–Crippen LogP) is 2.17. The standard InChI is InChI=1S/C14H13FN2O2/c15-10-6-2-3-7-11(10)17-13(14(16)19)9-5-1-4-8-12(9)18/h1-8,13,17-18H,(H2,16,19). The fourth-order valence-corrected chi connectivity index (χ4v) is 1.77. The number of hydrogen-bond acceptors (Lipinski definition) is 3. The SMILES string of the molecule is NC(=O)C(Nc1ccccc1F)c1ccccc1O. The largest absolute Gasteiger partial charge is 0.508 e. The molecule has 98 valence electrons. The maximum absolute atomic E-state index is 13.6. The molecule has 0 aliphatic heterocycles. The van der Waals surface area contributed by atoms with Crippen molar-refractivity contribution >= 4 is 11.6 Å². The number of phenols is 1. The number of phenolic OH excluding ortho intramolecular Hbond substituents is 1. The third-order valence-electron chi connectivity index (χ3n) is 2.71. The number of carbonyl (C=O) groups is 1. The lowest BCUT2D eigenvalue weighted by molar-refractivity contribution is -0.118. The number of carbonyl (C=O) groups excluding carboxylic acids is 1. The summed E-state index contributed by atoms with van der Waals surface area (Å²) in [4.78, 5) is 11.5. The van der Waals surface area contributed by atoms with Gasteiger partial charge in [0, 0.05) is 5.56 Å². The van der Waals surface area contributed by atoms with Crippen LogP contribution in [0.2, 0.25) is 0 Å². The van der Waals surface area contributed by atoms with Gasteiger partial charge in [0.2, 0.25) is 5.91 Å². The number of amides is 1. The fourth-order valence-electron chi connectivity index (χ4n) is 1.77. The maximum atomic E-state index is 13.6. The fraction of sp³-hybridized carbons (Fsp3) is 0.0714. The second-order valence-corrected chi connectivity index (χ2v) is 4.02. The average molecular weight is 260 g/mol. The van der Waals surface area contributed by atoms with Crippen molar-refractivity contribution in [1.29, 1.82) is 0 Å². The highest BCUT2D eigenvalue weighted by atomic mass is 19.1. The number of benzene rings is 2. The minimum absolute atomic E-state index is 0.0739. The van der Waals surface area contributed by atoms with Crippen LogP contribution >= 0.6 is 0 Å². The Balaban J connectivity index is 2.35. The van der Waals surface area contributed by atoms with E-state index in [1.807, 2.05) is 0 Å². The minimum atomic E-state index is -1.00. The zero-order chi connectivity index (χ0) is 13.8. The molecule has 0 aliphatic carbocycles. The van der Waals surface area contributed by atoms with Gasteiger partial charge in [0.25, 0.3) is 0 Å². The Morgan fingerprint density at radius 1 is 1.16 bits per heavy atom. The van der Waals surface area contributed by atoms with Crippen LogP contribution in [-0.4, -0.2) is 11.0 Å².